The SMILES string of the molecule is CCC(C)NCc1ccc(OC)c(Cl)c1. The van der Waals surface area contributed by atoms with Crippen LogP contribution in [0.15, 0.2) is 18.2 Å². The summed E-state index contributed by atoms with van der Waals surface area (Å²) < 4.78 is 5.09. The number of methoxy groups -OCH3 is 1. The zero-order valence-corrected chi connectivity index (χ0v) is 10.3. The molecule has 0 aliphatic carbocycles. The summed E-state index contributed by atoms with van der Waals surface area (Å²) in [6.07, 6.45) is 1.13. The molecule has 0 saturated carbocycles. The van der Waals surface area contributed by atoms with Crippen molar-refractivity contribution in [3.8, 4) is 5.75 Å². The van der Waals surface area contributed by atoms with E-state index in [9.17, 15) is 0 Å². The first-order valence-corrected chi connectivity index (χ1v) is 5.61. The Morgan fingerprint density at radius 3 is 2.73 bits per heavy atom. The van der Waals surface area contributed by atoms with Gasteiger partial charge in [-0.1, -0.05) is 24.6 Å². The molecule has 0 saturated heterocycles. The molecule has 1 unspecified atom stereocenters. The molecule has 1 rings (SSSR count). The van der Waals surface area contributed by atoms with E-state index >= 15 is 0 Å². The molecule has 1 aromatic rings. The van der Waals surface area contributed by atoms with Gasteiger partial charge in [-0.25, -0.2) is 0 Å². The third-order valence-electron chi connectivity index (χ3n) is 2.48. The van der Waals surface area contributed by atoms with Crippen molar-refractivity contribution in [1.29, 1.82) is 0 Å². The smallest absolute Gasteiger partial charge is 0.137 e. The molecular weight excluding hydrogens is 210 g/mol. The normalized spacial score (nSPS) is 12.5. The van der Waals surface area contributed by atoms with Crippen LogP contribution in [0.25, 0.3) is 0 Å². The van der Waals surface area contributed by atoms with Crippen LogP contribution >= 0.6 is 11.6 Å². The number of hydrogen-bond donors (Lipinski definition) is 1. The highest BCUT2D eigenvalue weighted by Gasteiger charge is 2.02. The maximum absolute atomic E-state index is 6.03. The third kappa shape index (κ3) is 3.73. The highest BCUT2D eigenvalue weighted by atomic mass is 35.5. The zero-order chi connectivity index (χ0) is 11.3. The maximum Gasteiger partial charge on any atom is 0.137 e. The van der Waals surface area contributed by atoms with Crippen LogP contribution in [-0.2, 0) is 6.54 Å². The van der Waals surface area contributed by atoms with Crippen molar-refractivity contribution in [2.45, 2.75) is 32.9 Å². The van der Waals surface area contributed by atoms with Gasteiger partial charge in [0.2, 0.25) is 0 Å². The Morgan fingerprint density at radius 1 is 1.47 bits per heavy atom. The fourth-order valence-electron chi connectivity index (χ4n) is 1.26. The summed E-state index contributed by atoms with van der Waals surface area (Å²) in [4.78, 5) is 0. The van der Waals surface area contributed by atoms with Gasteiger partial charge in [0, 0.05) is 12.6 Å². The van der Waals surface area contributed by atoms with Crippen LogP contribution in [0.3, 0.4) is 0 Å². The van der Waals surface area contributed by atoms with Crippen molar-refractivity contribution in [3.05, 3.63) is 28.8 Å². The first-order chi connectivity index (χ1) is 7.17. The molecule has 0 amide bonds. The van der Waals surface area contributed by atoms with E-state index < -0.39 is 0 Å². The molecule has 0 fully saturated rings. The molecule has 84 valence electrons. The molecule has 0 bridgehead atoms. The minimum absolute atomic E-state index is 0.533. The van der Waals surface area contributed by atoms with Crippen molar-refractivity contribution in [3.63, 3.8) is 0 Å². The standard InChI is InChI=1S/C12H18ClNO/c1-4-9(2)14-8-10-5-6-12(15-3)11(13)7-10/h5-7,9,14H,4,8H2,1-3H3. The Hall–Kier alpha value is -0.730. The summed E-state index contributed by atoms with van der Waals surface area (Å²) in [5.74, 6) is 0.726. The first-order valence-electron chi connectivity index (χ1n) is 5.23. The second kappa shape index (κ2) is 5.99. The highest BCUT2D eigenvalue weighted by Crippen LogP contribution is 2.24. The lowest BCUT2D eigenvalue weighted by atomic mass is 10.2. The molecule has 3 heteroatoms. The van der Waals surface area contributed by atoms with Crippen molar-refractivity contribution in [1.82, 2.24) is 5.32 Å². The molecule has 1 N–H and O–H groups in total. The van der Waals surface area contributed by atoms with E-state index in [2.05, 4.69) is 19.2 Å². The van der Waals surface area contributed by atoms with Gasteiger partial charge < -0.3 is 10.1 Å². The lowest BCUT2D eigenvalue weighted by molar-refractivity contribution is 0.414. The maximum atomic E-state index is 6.03. The van der Waals surface area contributed by atoms with Gasteiger partial charge in [-0.15, -0.1) is 0 Å². The Morgan fingerprint density at radius 2 is 2.20 bits per heavy atom. The van der Waals surface area contributed by atoms with Crippen LogP contribution in [0, 0.1) is 0 Å². The Labute approximate surface area is 96.6 Å². The molecule has 0 heterocycles. The molecule has 0 aromatic heterocycles. The van der Waals surface area contributed by atoms with E-state index in [0.717, 1.165) is 18.7 Å². The van der Waals surface area contributed by atoms with Gasteiger partial charge >= 0.3 is 0 Å². The lowest BCUT2D eigenvalue weighted by Gasteiger charge is -2.12. The summed E-state index contributed by atoms with van der Waals surface area (Å²) >= 11 is 6.03. The summed E-state index contributed by atoms with van der Waals surface area (Å²) in [5, 5.41) is 4.08. The van der Waals surface area contributed by atoms with E-state index in [-0.39, 0.29) is 0 Å². The average molecular weight is 228 g/mol. The second-order valence-electron chi connectivity index (χ2n) is 3.66. The molecule has 0 aliphatic heterocycles. The van der Waals surface area contributed by atoms with Crippen LogP contribution in [0.5, 0.6) is 5.75 Å². The van der Waals surface area contributed by atoms with Crippen LogP contribution in [0.2, 0.25) is 5.02 Å². The Balaban J connectivity index is 2.59. The number of ether oxygens (including phenoxy) is 1. The van der Waals surface area contributed by atoms with E-state index in [4.69, 9.17) is 16.3 Å². The summed E-state index contributed by atoms with van der Waals surface area (Å²) in [6, 6.07) is 6.40. The van der Waals surface area contributed by atoms with E-state index in [1.807, 2.05) is 18.2 Å². The highest BCUT2D eigenvalue weighted by molar-refractivity contribution is 6.32. The zero-order valence-electron chi connectivity index (χ0n) is 9.51. The van der Waals surface area contributed by atoms with Gasteiger partial charge in [0.05, 0.1) is 12.1 Å². The van der Waals surface area contributed by atoms with Crippen molar-refractivity contribution in [2.75, 3.05) is 7.11 Å². The van der Waals surface area contributed by atoms with Gasteiger partial charge in [-0.2, -0.15) is 0 Å². The van der Waals surface area contributed by atoms with Crippen molar-refractivity contribution >= 4 is 11.6 Å². The summed E-state index contributed by atoms with van der Waals surface area (Å²) in [5.41, 5.74) is 1.18. The molecule has 1 aromatic carbocycles. The lowest BCUT2D eigenvalue weighted by Crippen LogP contribution is -2.24. The minimum atomic E-state index is 0.533. The van der Waals surface area contributed by atoms with E-state index in [1.165, 1.54) is 5.56 Å². The summed E-state index contributed by atoms with van der Waals surface area (Å²) in [7, 11) is 1.62. The molecule has 1 atom stereocenters. The van der Waals surface area contributed by atoms with Gasteiger partial charge in [-0.05, 0) is 31.0 Å². The van der Waals surface area contributed by atoms with E-state index in [0.29, 0.717) is 11.1 Å². The first kappa shape index (κ1) is 12.3. The number of nitrogens with one attached hydrogen (secondary N) is 1. The molecule has 0 aliphatic rings. The topological polar surface area (TPSA) is 21.3 Å². The van der Waals surface area contributed by atoms with Gasteiger partial charge in [0.25, 0.3) is 0 Å². The fraction of sp³-hybridized carbons (Fsp3) is 0.500. The van der Waals surface area contributed by atoms with E-state index in [1.54, 1.807) is 7.11 Å². The third-order valence-corrected chi connectivity index (χ3v) is 2.78. The number of hydrogen-bond acceptors (Lipinski definition) is 2. The van der Waals surface area contributed by atoms with Crippen LogP contribution in [0.1, 0.15) is 25.8 Å². The monoisotopic (exact) mass is 227 g/mol. The second-order valence-corrected chi connectivity index (χ2v) is 4.07. The van der Waals surface area contributed by atoms with Gasteiger partial charge in [0.1, 0.15) is 5.75 Å². The number of rotatable bonds is 5. The van der Waals surface area contributed by atoms with Crippen molar-refractivity contribution in [2.24, 2.45) is 0 Å². The van der Waals surface area contributed by atoms with Crippen LogP contribution in [0.4, 0.5) is 0 Å². The van der Waals surface area contributed by atoms with Crippen molar-refractivity contribution < 1.29 is 4.74 Å². The number of benzene rings is 1. The molecule has 0 radical (unpaired) electrons. The quantitative estimate of drug-likeness (QED) is 0.834. The Bertz CT molecular complexity index is 314. The van der Waals surface area contributed by atoms with Gasteiger partial charge in [0.15, 0.2) is 0 Å². The van der Waals surface area contributed by atoms with Crippen LogP contribution < -0.4 is 10.1 Å². The number of halogens is 1. The van der Waals surface area contributed by atoms with Crippen LogP contribution in [-0.4, -0.2) is 13.2 Å². The fourth-order valence-corrected chi connectivity index (χ4v) is 1.54. The predicted octanol–water partition coefficient (Wildman–Crippen LogP) is 3.24. The largest absolute Gasteiger partial charge is 0.495 e. The molecule has 15 heavy (non-hydrogen) atoms. The summed E-state index contributed by atoms with van der Waals surface area (Å²) in [6.45, 7) is 5.18. The average Bonchev–Trinajstić information content (AvgIpc) is 2.26. The predicted molar refractivity (Wildman–Crippen MR) is 64.6 cm³/mol. The molecular formula is C12H18ClNO. The Kier molecular flexibility index (Phi) is 4.92. The molecule has 0 spiro atoms. The minimum Gasteiger partial charge on any atom is -0.495 e. The van der Waals surface area contributed by atoms with Gasteiger partial charge in [-0.3, -0.25) is 0 Å². The molecule has 2 nitrogen and oxygen atoms in total.